The van der Waals surface area contributed by atoms with Crippen molar-refractivity contribution in [3.8, 4) is 0 Å². The van der Waals surface area contributed by atoms with Crippen molar-refractivity contribution in [1.82, 2.24) is 10.3 Å². The summed E-state index contributed by atoms with van der Waals surface area (Å²) in [5, 5.41) is 3.88. The van der Waals surface area contributed by atoms with E-state index in [1.807, 2.05) is 42.6 Å². The Morgan fingerprint density at radius 2 is 1.76 bits per heavy atom. The van der Waals surface area contributed by atoms with E-state index in [1.165, 1.54) is 0 Å². The minimum Gasteiger partial charge on any atom is -0.464 e. The number of carbonyl (C=O) groups excluding carboxylic acids is 2. The van der Waals surface area contributed by atoms with Gasteiger partial charge in [-0.3, -0.25) is 4.79 Å². The van der Waals surface area contributed by atoms with Crippen molar-refractivity contribution in [3.63, 3.8) is 0 Å². The molecule has 0 aliphatic rings. The Morgan fingerprint density at radius 1 is 1.07 bits per heavy atom. The van der Waals surface area contributed by atoms with Crippen molar-refractivity contribution >= 4 is 22.8 Å². The van der Waals surface area contributed by atoms with Gasteiger partial charge in [0.2, 0.25) is 0 Å². The first-order chi connectivity index (χ1) is 13.8. The van der Waals surface area contributed by atoms with Gasteiger partial charge >= 0.3 is 5.97 Å². The van der Waals surface area contributed by atoms with Gasteiger partial charge in [0.05, 0.1) is 6.61 Å². The molecule has 3 rings (SSSR count). The summed E-state index contributed by atoms with van der Waals surface area (Å²) >= 11 is 0. The molecule has 1 heterocycles. The molecular formula is C24H28N2O3. The molecule has 0 radical (unpaired) electrons. The van der Waals surface area contributed by atoms with E-state index in [9.17, 15) is 9.59 Å². The number of hydrogen-bond donors (Lipinski definition) is 2. The molecule has 29 heavy (non-hydrogen) atoms. The molecule has 1 aromatic heterocycles. The molecule has 0 fully saturated rings. The average Bonchev–Trinajstić information content (AvgIpc) is 3.10. The first-order valence-electron chi connectivity index (χ1n) is 9.92. The monoisotopic (exact) mass is 392 g/mol. The summed E-state index contributed by atoms with van der Waals surface area (Å²) in [4.78, 5) is 28.5. The fourth-order valence-corrected chi connectivity index (χ4v) is 3.32. The van der Waals surface area contributed by atoms with E-state index >= 15 is 0 Å². The van der Waals surface area contributed by atoms with Crippen LogP contribution in [-0.4, -0.2) is 29.5 Å². The third kappa shape index (κ3) is 4.86. The maximum Gasteiger partial charge on any atom is 0.328 e. The van der Waals surface area contributed by atoms with E-state index < -0.39 is 12.0 Å². The third-order valence-corrected chi connectivity index (χ3v) is 4.99. The maximum absolute atomic E-state index is 12.8. The van der Waals surface area contributed by atoms with E-state index in [0.717, 1.165) is 22.0 Å². The summed E-state index contributed by atoms with van der Waals surface area (Å²) in [6, 6.07) is 14.6. The number of aromatic nitrogens is 1. The van der Waals surface area contributed by atoms with E-state index in [4.69, 9.17) is 4.74 Å². The first kappa shape index (κ1) is 20.6. The van der Waals surface area contributed by atoms with Crippen LogP contribution in [0.3, 0.4) is 0 Å². The number of benzene rings is 2. The van der Waals surface area contributed by atoms with Gasteiger partial charge in [-0.2, -0.15) is 0 Å². The summed E-state index contributed by atoms with van der Waals surface area (Å²) in [6.07, 6.45) is 2.23. The number of rotatable bonds is 6. The van der Waals surface area contributed by atoms with Crippen LogP contribution in [0.2, 0.25) is 0 Å². The number of amides is 1. The molecule has 0 bridgehead atoms. The molecule has 0 saturated heterocycles. The minimum absolute atomic E-state index is 0.0117. The minimum atomic E-state index is -0.760. The van der Waals surface area contributed by atoms with Crippen molar-refractivity contribution < 1.29 is 14.3 Å². The maximum atomic E-state index is 12.8. The van der Waals surface area contributed by atoms with Crippen LogP contribution in [-0.2, 0) is 21.4 Å². The van der Waals surface area contributed by atoms with Crippen molar-refractivity contribution in [1.29, 1.82) is 0 Å². The van der Waals surface area contributed by atoms with Crippen LogP contribution in [0.1, 0.15) is 49.2 Å². The Labute approximate surface area is 171 Å². The summed E-state index contributed by atoms with van der Waals surface area (Å²) in [7, 11) is 0. The van der Waals surface area contributed by atoms with Gasteiger partial charge in [0, 0.05) is 29.1 Å². The lowest BCUT2D eigenvalue weighted by Crippen LogP contribution is -2.43. The SMILES string of the molecule is CCOC(=O)C(Cc1c[nH]c2ccccc12)NC(=O)c1ccc(C(C)(C)C)cc1. The van der Waals surface area contributed by atoms with E-state index in [1.54, 1.807) is 19.1 Å². The molecule has 152 valence electrons. The average molecular weight is 392 g/mol. The van der Waals surface area contributed by atoms with Crippen LogP contribution in [0.15, 0.2) is 54.7 Å². The molecule has 0 aliphatic carbocycles. The smallest absolute Gasteiger partial charge is 0.328 e. The molecule has 1 amide bonds. The zero-order valence-corrected chi connectivity index (χ0v) is 17.4. The molecule has 5 heteroatoms. The number of H-pyrrole nitrogens is 1. The molecule has 2 N–H and O–H groups in total. The Kier molecular flexibility index (Phi) is 6.06. The summed E-state index contributed by atoms with van der Waals surface area (Å²) in [5.41, 5.74) is 3.63. The van der Waals surface area contributed by atoms with E-state index in [-0.39, 0.29) is 17.9 Å². The van der Waals surface area contributed by atoms with Crippen LogP contribution < -0.4 is 5.32 Å². The molecule has 1 atom stereocenters. The number of carbonyl (C=O) groups is 2. The second-order valence-corrected chi connectivity index (χ2v) is 8.17. The van der Waals surface area contributed by atoms with Gasteiger partial charge in [-0.1, -0.05) is 51.1 Å². The lowest BCUT2D eigenvalue weighted by Gasteiger charge is -2.20. The predicted molar refractivity (Wildman–Crippen MR) is 115 cm³/mol. The summed E-state index contributed by atoms with van der Waals surface area (Å²) in [6.45, 7) is 8.40. The zero-order valence-electron chi connectivity index (χ0n) is 17.4. The Morgan fingerprint density at radius 3 is 2.41 bits per heavy atom. The van der Waals surface area contributed by atoms with Crippen LogP contribution >= 0.6 is 0 Å². The highest BCUT2D eigenvalue weighted by Gasteiger charge is 2.24. The van der Waals surface area contributed by atoms with Crippen molar-refractivity contribution in [2.75, 3.05) is 6.61 Å². The first-order valence-corrected chi connectivity index (χ1v) is 9.92. The largest absolute Gasteiger partial charge is 0.464 e. The highest BCUT2D eigenvalue weighted by molar-refractivity contribution is 5.97. The van der Waals surface area contributed by atoms with Gasteiger partial charge in [0.1, 0.15) is 6.04 Å². The Hall–Kier alpha value is -3.08. The molecule has 2 aromatic carbocycles. The number of hydrogen-bond acceptors (Lipinski definition) is 3. The van der Waals surface area contributed by atoms with Gasteiger partial charge in [0.25, 0.3) is 5.91 Å². The second kappa shape index (κ2) is 8.52. The van der Waals surface area contributed by atoms with Gasteiger partial charge < -0.3 is 15.0 Å². The Balaban J connectivity index is 1.80. The quantitative estimate of drug-likeness (QED) is 0.612. The van der Waals surface area contributed by atoms with Crippen LogP contribution in [0.4, 0.5) is 0 Å². The van der Waals surface area contributed by atoms with Crippen LogP contribution in [0, 0.1) is 0 Å². The summed E-state index contributed by atoms with van der Waals surface area (Å²) in [5.74, 6) is -0.721. The number of esters is 1. The van der Waals surface area contributed by atoms with Crippen LogP contribution in [0.25, 0.3) is 10.9 Å². The lowest BCUT2D eigenvalue weighted by atomic mass is 9.86. The topological polar surface area (TPSA) is 71.2 Å². The zero-order chi connectivity index (χ0) is 21.0. The fourth-order valence-electron chi connectivity index (χ4n) is 3.32. The van der Waals surface area contributed by atoms with Crippen molar-refractivity contribution in [2.24, 2.45) is 0 Å². The number of nitrogens with one attached hydrogen (secondary N) is 2. The van der Waals surface area contributed by atoms with Gasteiger partial charge in [0.15, 0.2) is 0 Å². The molecule has 0 aliphatic heterocycles. The standard InChI is InChI=1S/C24H28N2O3/c1-5-29-23(28)21(14-17-15-25-20-9-7-6-8-19(17)20)26-22(27)16-10-12-18(13-11-16)24(2,3)4/h6-13,15,21,25H,5,14H2,1-4H3,(H,26,27). The fraction of sp³-hybridized carbons (Fsp3) is 0.333. The number of aromatic amines is 1. The molecule has 5 nitrogen and oxygen atoms in total. The van der Waals surface area contributed by atoms with Crippen LogP contribution in [0.5, 0.6) is 0 Å². The van der Waals surface area contributed by atoms with Gasteiger partial charge in [-0.15, -0.1) is 0 Å². The molecule has 3 aromatic rings. The highest BCUT2D eigenvalue weighted by atomic mass is 16.5. The molecule has 0 spiro atoms. The van der Waals surface area contributed by atoms with E-state index in [0.29, 0.717) is 12.0 Å². The normalized spacial score (nSPS) is 12.6. The number of ether oxygens (including phenoxy) is 1. The molecular weight excluding hydrogens is 364 g/mol. The van der Waals surface area contributed by atoms with E-state index in [2.05, 4.69) is 31.1 Å². The second-order valence-electron chi connectivity index (χ2n) is 8.17. The van der Waals surface area contributed by atoms with Crippen molar-refractivity contribution in [3.05, 3.63) is 71.4 Å². The molecule has 0 saturated carbocycles. The van der Waals surface area contributed by atoms with Gasteiger partial charge in [-0.25, -0.2) is 4.79 Å². The van der Waals surface area contributed by atoms with Crippen molar-refractivity contribution in [2.45, 2.75) is 45.6 Å². The third-order valence-electron chi connectivity index (χ3n) is 4.99. The van der Waals surface area contributed by atoms with Gasteiger partial charge in [-0.05, 0) is 41.7 Å². The Bertz CT molecular complexity index is 997. The predicted octanol–water partition coefficient (Wildman–Crippen LogP) is 4.37. The summed E-state index contributed by atoms with van der Waals surface area (Å²) < 4.78 is 5.20. The highest BCUT2D eigenvalue weighted by Crippen LogP contribution is 2.23. The number of para-hydroxylation sites is 1. The number of fused-ring (bicyclic) bond motifs is 1. The lowest BCUT2D eigenvalue weighted by molar-refractivity contribution is -0.145. The molecule has 1 unspecified atom stereocenters.